The van der Waals surface area contributed by atoms with Crippen molar-refractivity contribution in [2.45, 2.75) is 32.1 Å². The topological polar surface area (TPSA) is 56.0 Å². The summed E-state index contributed by atoms with van der Waals surface area (Å²) < 4.78 is 0. The maximum atomic E-state index is 12.3. The van der Waals surface area contributed by atoms with E-state index in [1.54, 1.807) is 12.4 Å². The first-order valence-electron chi connectivity index (χ1n) is 6.43. The second kappa shape index (κ2) is 5.92. The van der Waals surface area contributed by atoms with Gasteiger partial charge in [-0.1, -0.05) is 18.9 Å². The molecule has 1 aliphatic rings. The largest absolute Gasteiger partial charge is 0.330 e. The van der Waals surface area contributed by atoms with Crippen LogP contribution in [0.2, 0.25) is 0 Å². The molecule has 0 aliphatic heterocycles. The predicted molar refractivity (Wildman–Crippen MR) is 67.5 cm³/mol. The predicted octanol–water partition coefficient (Wildman–Crippen LogP) is 1.96. The van der Waals surface area contributed by atoms with Crippen molar-refractivity contribution in [2.75, 3.05) is 6.54 Å². The fourth-order valence-corrected chi connectivity index (χ4v) is 2.75. The Hall–Kier alpha value is -1.22. The van der Waals surface area contributed by atoms with Crippen LogP contribution in [0.1, 0.15) is 31.2 Å². The Balaban J connectivity index is 1.99. The van der Waals surface area contributed by atoms with Gasteiger partial charge in [0, 0.05) is 24.7 Å². The van der Waals surface area contributed by atoms with Gasteiger partial charge in [0.2, 0.25) is 0 Å². The highest BCUT2D eigenvalue weighted by molar-refractivity contribution is 5.83. The van der Waals surface area contributed by atoms with Gasteiger partial charge < -0.3 is 5.73 Å². The van der Waals surface area contributed by atoms with E-state index in [0.29, 0.717) is 24.7 Å². The molecule has 2 rings (SSSR count). The molecular weight excluding hydrogens is 212 g/mol. The lowest BCUT2D eigenvalue weighted by atomic mass is 9.76. The monoisotopic (exact) mass is 232 g/mol. The molecule has 0 saturated heterocycles. The summed E-state index contributed by atoms with van der Waals surface area (Å²) in [5.74, 6) is 0.912. The molecule has 17 heavy (non-hydrogen) atoms. The van der Waals surface area contributed by atoms with E-state index in [1.807, 2.05) is 12.1 Å². The van der Waals surface area contributed by atoms with Crippen LogP contribution in [-0.4, -0.2) is 17.3 Å². The van der Waals surface area contributed by atoms with Gasteiger partial charge in [-0.25, -0.2) is 0 Å². The molecule has 3 heteroatoms. The smallest absolute Gasteiger partial charge is 0.140 e. The fraction of sp³-hybridized carbons (Fsp3) is 0.571. The minimum atomic E-state index is 0.175. The number of hydrogen-bond acceptors (Lipinski definition) is 3. The SMILES string of the molecule is NCC1CCCCC1C(=O)Cc1cccnc1. The third-order valence-corrected chi connectivity index (χ3v) is 3.73. The molecule has 0 bridgehead atoms. The number of nitrogens with zero attached hydrogens (tertiary/aromatic N) is 1. The lowest BCUT2D eigenvalue weighted by molar-refractivity contribution is -0.124. The minimum Gasteiger partial charge on any atom is -0.330 e. The molecule has 2 unspecified atom stereocenters. The van der Waals surface area contributed by atoms with Gasteiger partial charge in [0.05, 0.1) is 0 Å². The second-order valence-corrected chi connectivity index (χ2v) is 4.89. The Morgan fingerprint density at radius 2 is 2.24 bits per heavy atom. The first-order valence-corrected chi connectivity index (χ1v) is 6.43. The summed E-state index contributed by atoms with van der Waals surface area (Å²) in [6.07, 6.45) is 8.53. The van der Waals surface area contributed by atoms with Crippen LogP contribution in [0.25, 0.3) is 0 Å². The van der Waals surface area contributed by atoms with E-state index in [-0.39, 0.29) is 5.92 Å². The highest BCUT2D eigenvalue weighted by Gasteiger charge is 2.29. The molecule has 1 aromatic rings. The van der Waals surface area contributed by atoms with Gasteiger partial charge in [0.1, 0.15) is 5.78 Å². The molecule has 2 atom stereocenters. The summed E-state index contributed by atoms with van der Waals surface area (Å²) in [4.78, 5) is 16.3. The molecule has 0 aromatic carbocycles. The number of hydrogen-bond donors (Lipinski definition) is 1. The van der Waals surface area contributed by atoms with Crippen molar-refractivity contribution < 1.29 is 4.79 Å². The van der Waals surface area contributed by atoms with Crippen molar-refractivity contribution in [2.24, 2.45) is 17.6 Å². The number of ketones is 1. The highest BCUT2D eigenvalue weighted by Crippen LogP contribution is 2.30. The summed E-state index contributed by atoms with van der Waals surface area (Å²) in [5, 5.41) is 0. The van der Waals surface area contributed by atoms with E-state index >= 15 is 0 Å². The zero-order valence-electron chi connectivity index (χ0n) is 10.1. The van der Waals surface area contributed by atoms with Crippen molar-refractivity contribution in [1.82, 2.24) is 4.98 Å². The van der Waals surface area contributed by atoms with E-state index in [9.17, 15) is 4.79 Å². The van der Waals surface area contributed by atoms with Crippen LogP contribution >= 0.6 is 0 Å². The second-order valence-electron chi connectivity index (χ2n) is 4.89. The molecule has 0 amide bonds. The van der Waals surface area contributed by atoms with Crippen LogP contribution in [-0.2, 0) is 11.2 Å². The molecule has 1 fully saturated rings. The summed E-state index contributed by atoms with van der Waals surface area (Å²) in [7, 11) is 0. The Bertz CT molecular complexity index is 364. The average molecular weight is 232 g/mol. The molecule has 92 valence electrons. The number of carbonyl (C=O) groups excluding carboxylic acids is 1. The summed E-state index contributed by atoms with van der Waals surface area (Å²) in [6.45, 7) is 0.642. The Kier molecular flexibility index (Phi) is 4.26. The molecule has 1 heterocycles. The standard InChI is InChI=1S/C14H20N2O/c15-9-12-5-1-2-6-13(12)14(17)8-11-4-3-7-16-10-11/h3-4,7,10,12-13H,1-2,5-6,8-9,15H2. The van der Waals surface area contributed by atoms with Crippen molar-refractivity contribution >= 4 is 5.78 Å². The quantitative estimate of drug-likeness (QED) is 0.863. The van der Waals surface area contributed by atoms with Gasteiger partial charge in [0.15, 0.2) is 0 Å². The first-order chi connectivity index (χ1) is 8.31. The van der Waals surface area contributed by atoms with E-state index in [2.05, 4.69) is 4.98 Å². The van der Waals surface area contributed by atoms with Gasteiger partial charge in [-0.3, -0.25) is 9.78 Å². The van der Waals surface area contributed by atoms with Gasteiger partial charge in [-0.05, 0) is 36.9 Å². The molecule has 1 aliphatic carbocycles. The molecule has 2 N–H and O–H groups in total. The number of carbonyl (C=O) groups is 1. The van der Waals surface area contributed by atoms with Gasteiger partial charge in [0.25, 0.3) is 0 Å². The van der Waals surface area contributed by atoms with Crippen LogP contribution in [0.5, 0.6) is 0 Å². The lowest BCUT2D eigenvalue weighted by Gasteiger charge is -2.29. The molecule has 0 radical (unpaired) electrons. The van der Waals surface area contributed by atoms with E-state index in [4.69, 9.17) is 5.73 Å². The highest BCUT2D eigenvalue weighted by atomic mass is 16.1. The molecular formula is C14H20N2O. The van der Waals surface area contributed by atoms with Gasteiger partial charge in [-0.2, -0.15) is 0 Å². The number of aromatic nitrogens is 1. The average Bonchev–Trinajstić information content (AvgIpc) is 2.40. The number of Topliss-reactive ketones (excluding diaryl/α,β-unsaturated/α-hetero) is 1. The van der Waals surface area contributed by atoms with Crippen molar-refractivity contribution in [3.8, 4) is 0 Å². The Morgan fingerprint density at radius 1 is 1.41 bits per heavy atom. The zero-order chi connectivity index (χ0) is 12.1. The maximum absolute atomic E-state index is 12.3. The Labute approximate surface area is 102 Å². The fourth-order valence-electron chi connectivity index (χ4n) is 2.75. The summed E-state index contributed by atoms with van der Waals surface area (Å²) >= 11 is 0. The number of rotatable bonds is 4. The first kappa shape index (κ1) is 12.2. The Morgan fingerprint density at radius 3 is 2.94 bits per heavy atom. The molecule has 3 nitrogen and oxygen atoms in total. The van der Waals surface area contributed by atoms with Crippen molar-refractivity contribution in [3.05, 3.63) is 30.1 Å². The van der Waals surface area contributed by atoms with Gasteiger partial charge in [-0.15, -0.1) is 0 Å². The lowest BCUT2D eigenvalue weighted by Crippen LogP contribution is -2.33. The number of pyridine rings is 1. The minimum absolute atomic E-state index is 0.175. The van der Waals surface area contributed by atoms with Crippen LogP contribution < -0.4 is 5.73 Å². The molecule has 1 aromatic heterocycles. The third kappa shape index (κ3) is 3.13. The molecule has 0 spiro atoms. The maximum Gasteiger partial charge on any atom is 0.140 e. The van der Waals surface area contributed by atoms with Crippen LogP contribution in [0.3, 0.4) is 0 Å². The van der Waals surface area contributed by atoms with Crippen molar-refractivity contribution in [1.29, 1.82) is 0 Å². The third-order valence-electron chi connectivity index (χ3n) is 3.73. The van der Waals surface area contributed by atoms with E-state index < -0.39 is 0 Å². The van der Waals surface area contributed by atoms with Gasteiger partial charge >= 0.3 is 0 Å². The zero-order valence-corrected chi connectivity index (χ0v) is 10.1. The molecule has 1 saturated carbocycles. The summed E-state index contributed by atoms with van der Waals surface area (Å²) in [6, 6.07) is 3.84. The van der Waals surface area contributed by atoms with E-state index in [1.165, 1.54) is 12.8 Å². The summed E-state index contributed by atoms with van der Waals surface area (Å²) in [5.41, 5.74) is 6.77. The van der Waals surface area contributed by atoms with Crippen LogP contribution in [0.4, 0.5) is 0 Å². The van der Waals surface area contributed by atoms with Crippen molar-refractivity contribution in [3.63, 3.8) is 0 Å². The normalized spacial score (nSPS) is 24.5. The van der Waals surface area contributed by atoms with Crippen LogP contribution in [0, 0.1) is 11.8 Å². The van der Waals surface area contributed by atoms with Crippen LogP contribution in [0.15, 0.2) is 24.5 Å². The van der Waals surface area contributed by atoms with E-state index in [0.717, 1.165) is 18.4 Å². The number of nitrogens with two attached hydrogens (primary N) is 1.